The Hall–Kier alpha value is -1.95. The molecular weight excluding hydrogens is 286 g/mol. The molecule has 6 nitrogen and oxygen atoms in total. The lowest BCUT2D eigenvalue weighted by molar-refractivity contribution is -0.133. The monoisotopic (exact) mass is 309 g/mol. The van der Waals surface area contributed by atoms with E-state index in [1.807, 2.05) is 6.07 Å². The lowest BCUT2D eigenvalue weighted by atomic mass is 10.1. The minimum atomic E-state index is -0.277. The molecule has 0 unspecified atom stereocenters. The van der Waals surface area contributed by atoms with Crippen molar-refractivity contribution in [3.05, 3.63) is 18.2 Å². The van der Waals surface area contributed by atoms with E-state index in [0.29, 0.717) is 49.6 Å². The molecule has 0 radical (unpaired) electrons. The summed E-state index contributed by atoms with van der Waals surface area (Å²) in [5.74, 6) is 1.73. The molecule has 1 aliphatic heterocycles. The van der Waals surface area contributed by atoms with Gasteiger partial charge in [0, 0.05) is 13.1 Å². The van der Waals surface area contributed by atoms with Gasteiger partial charge >= 0.3 is 0 Å². The van der Waals surface area contributed by atoms with Crippen LogP contribution in [0.3, 0.4) is 0 Å². The predicted octanol–water partition coefficient (Wildman–Crippen LogP) is 1.46. The van der Waals surface area contributed by atoms with E-state index in [2.05, 4.69) is 0 Å². The first-order valence-electron chi connectivity index (χ1n) is 7.45. The number of carbonyl (C=O) groups is 1. The maximum absolute atomic E-state index is 12.1. The molecule has 0 atom stereocenters. The molecule has 0 aromatic heterocycles. The number of aliphatic hydroxyl groups excluding tert-OH is 1. The second kappa shape index (κ2) is 7.89. The lowest BCUT2D eigenvalue weighted by Crippen LogP contribution is -2.40. The number of piperidine rings is 1. The molecule has 1 N–H and O–H groups in total. The summed E-state index contributed by atoms with van der Waals surface area (Å²) < 4.78 is 16.1. The number of aliphatic hydroxyl groups is 1. The summed E-state index contributed by atoms with van der Waals surface area (Å²) in [4.78, 5) is 13.9. The van der Waals surface area contributed by atoms with Gasteiger partial charge in [-0.05, 0) is 25.0 Å². The van der Waals surface area contributed by atoms with E-state index in [0.717, 1.165) is 0 Å². The number of carbonyl (C=O) groups excluding carboxylic acids is 1. The first-order chi connectivity index (χ1) is 10.7. The van der Waals surface area contributed by atoms with Crippen LogP contribution in [0.1, 0.15) is 19.3 Å². The highest BCUT2D eigenvalue weighted by molar-refractivity contribution is 5.76. The van der Waals surface area contributed by atoms with E-state index in [-0.39, 0.29) is 18.6 Å². The minimum absolute atomic E-state index is 0.0498. The van der Waals surface area contributed by atoms with Gasteiger partial charge in [-0.25, -0.2) is 0 Å². The van der Waals surface area contributed by atoms with Crippen LogP contribution in [0, 0.1) is 0 Å². The predicted molar refractivity (Wildman–Crippen MR) is 81.5 cm³/mol. The number of rotatable bonds is 6. The van der Waals surface area contributed by atoms with Gasteiger partial charge in [0.05, 0.1) is 33.4 Å². The molecule has 1 saturated heterocycles. The van der Waals surface area contributed by atoms with Crippen molar-refractivity contribution in [1.29, 1.82) is 0 Å². The van der Waals surface area contributed by atoms with E-state index in [1.165, 1.54) is 0 Å². The second-order valence-corrected chi connectivity index (χ2v) is 5.20. The second-order valence-electron chi connectivity index (χ2n) is 5.20. The molecule has 22 heavy (non-hydrogen) atoms. The standard InChI is InChI=1S/C16H23NO5/c1-20-13-4-3-5-14(16(13)21-2)22-11-8-15(19)17-9-6-12(18)7-10-17/h3-5,12,18H,6-11H2,1-2H3. The van der Waals surface area contributed by atoms with Crippen molar-refractivity contribution >= 4 is 5.91 Å². The molecule has 0 aliphatic carbocycles. The van der Waals surface area contributed by atoms with Gasteiger partial charge < -0.3 is 24.2 Å². The van der Waals surface area contributed by atoms with Crippen LogP contribution in [-0.4, -0.2) is 55.9 Å². The summed E-state index contributed by atoms with van der Waals surface area (Å²) in [6.07, 6.45) is 1.32. The topological polar surface area (TPSA) is 68.2 Å². The van der Waals surface area contributed by atoms with Crippen molar-refractivity contribution in [2.45, 2.75) is 25.4 Å². The number of hydrogen-bond donors (Lipinski definition) is 1. The van der Waals surface area contributed by atoms with Crippen molar-refractivity contribution in [3.8, 4) is 17.2 Å². The van der Waals surface area contributed by atoms with Crippen LogP contribution in [0.2, 0.25) is 0 Å². The number of para-hydroxylation sites is 1. The molecule has 0 bridgehead atoms. The molecule has 1 aromatic rings. The third-order valence-corrected chi connectivity index (χ3v) is 3.76. The number of benzene rings is 1. The molecule has 1 aromatic carbocycles. The third kappa shape index (κ3) is 4.04. The zero-order valence-electron chi connectivity index (χ0n) is 13.1. The van der Waals surface area contributed by atoms with Crippen LogP contribution in [0.15, 0.2) is 18.2 Å². The molecule has 122 valence electrons. The Bertz CT molecular complexity index is 497. The highest BCUT2D eigenvalue weighted by Crippen LogP contribution is 2.36. The van der Waals surface area contributed by atoms with Gasteiger partial charge in [0.15, 0.2) is 11.5 Å². The normalized spacial score (nSPS) is 15.5. The zero-order chi connectivity index (χ0) is 15.9. The molecule has 1 aliphatic rings. The summed E-state index contributed by atoms with van der Waals surface area (Å²) in [7, 11) is 3.12. The maximum atomic E-state index is 12.1. The van der Waals surface area contributed by atoms with E-state index >= 15 is 0 Å². The van der Waals surface area contributed by atoms with Crippen molar-refractivity contribution in [1.82, 2.24) is 4.90 Å². The zero-order valence-corrected chi connectivity index (χ0v) is 13.1. The molecule has 0 spiro atoms. The molecule has 1 fully saturated rings. The Morgan fingerprint density at radius 1 is 1.23 bits per heavy atom. The van der Waals surface area contributed by atoms with Crippen LogP contribution >= 0.6 is 0 Å². The average Bonchev–Trinajstić information content (AvgIpc) is 2.55. The quantitative estimate of drug-likeness (QED) is 0.861. The van der Waals surface area contributed by atoms with Crippen molar-refractivity contribution in [2.24, 2.45) is 0 Å². The Morgan fingerprint density at radius 2 is 1.91 bits per heavy atom. The van der Waals surface area contributed by atoms with Gasteiger partial charge in [-0.1, -0.05) is 6.07 Å². The molecule has 1 amide bonds. The number of ether oxygens (including phenoxy) is 3. The molecule has 1 heterocycles. The Morgan fingerprint density at radius 3 is 2.55 bits per heavy atom. The largest absolute Gasteiger partial charge is 0.493 e. The minimum Gasteiger partial charge on any atom is -0.493 e. The number of likely N-dealkylation sites (tertiary alicyclic amines) is 1. The number of hydrogen-bond acceptors (Lipinski definition) is 5. The third-order valence-electron chi connectivity index (χ3n) is 3.76. The van der Waals surface area contributed by atoms with Crippen LogP contribution in [0.25, 0.3) is 0 Å². The molecular formula is C16H23NO5. The number of methoxy groups -OCH3 is 2. The molecule has 0 saturated carbocycles. The van der Waals surface area contributed by atoms with Crippen molar-refractivity contribution in [2.75, 3.05) is 33.9 Å². The van der Waals surface area contributed by atoms with Gasteiger partial charge in [-0.3, -0.25) is 4.79 Å². The lowest BCUT2D eigenvalue weighted by Gasteiger charge is -2.29. The Labute approximate surface area is 130 Å². The maximum Gasteiger partial charge on any atom is 0.226 e. The fourth-order valence-corrected chi connectivity index (χ4v) is 2.49. The van der Waals surface area contributed by atoms with Gasteiger partial charge in [0.2, 0.25) is 11.7 Å². The van der Waals surface area contributed by atoms with E-state index in [1.54, 1.807) is 31.3 Å². The number of nitrogens with zero attached hydrogens (tertiary/aromatic N) is 1. The molecule has 2 rings (SSSR count). The number of amides is 1. The Balaban J connectivity index is 1.85. The van der Waals surface area contributed by atoms with Gasteiger partial charge in [0.25, 0.3) is 0 Å². The SMILES string of the molecule is COc1cccc(OCCC(=O)N2CCC(O)CC2)c1OC. The first kappa shape index (κ1) is 16.4. The van der Waals surface area contributed by atoms with Gasteiger partial charge in [-0.2, -0.15) is 0 Å². The van der Waals surface area contributed by atoms with Crippen LogP contribution in [-0.2, 0) is 4.79 Å². The summed E-state index contributed by atoms with van der Waals surface area (Å²) in [5.41, 5.74) is 0. The fourth-order valence-electron chi connectivity index (χ4n) is 2.49. The van der Waals surface area contributed by atoms with Crippen molar-refractivity contribution < 1.29 is 24.1 Å². The van der Waals surface area contributed by atoms with Crippen LogP contribution in [0.5, 0.6) is 17.2 Å². The first-order valence-corrected chi connectivity index (χ1v) is 7.45. The highest BCUT2D eigenvalue weighted by Gasteiger charge is 2.21. The summed E-state index contributed by atoms with van der Waals surface area (Å²) in [5, 5.41) is 9.45. The highest BCUT2D eigenvalue weighted by atomic mass is 16.5. The van der Waals surface area contributed by atoms with Crippen LogP contribution in [0.4, 0.5) is 0 Å². The summed E-state index contributed by atoms with van der Waals surface area (Å²) in [6.45, 7) is 1.51. The summed E-state index contributed by atoms with van der Waals surface area (Å²) >= 11 is 0. The van der Waals surface area contributed by atoms with E-state index < -0.39 is 0 Å². The smallest absolute Gasteiger partial charge is 0.226 e. The average molecular weight is 309 g/mol. The van der Waals surface area contributed by atoms with Crippen LogP contribution < -0.4 is 14.2 Å². The van der Waals surface area contributed by atoms with Gasteiger partial charge in [0.1, 0.15) is 0 Å². The van der Waals surface area contributed by atoms with E-state index in [9.17, 15) is 9.90 Å². The molecule has 6 heteroatoms. The Kier molecular flexibility index (Phi) is 5.89. The fraction of sp³-hybridized carbons (Fsp3) is 0.562. The van der Waals surface area contributed by atoms with Crippen molar-refractivity contribution in [3.63, 3.8) is 0 Å². The van der Waals surface area contributed by atoms with Gasteiger partial charge in [-0.15, -0.1) is 0 Å². The summed E-state index contributed by atoms with van der Waals surface area (Å²) in [6, 6.07) is 5.38. The van der Waals surface area contributed by atoms with E-state index in [4.69, 9.17) is 14.2 Å².